The third-order valence-corrected chi connectivity index (χ3v) is 5.18. The molecule has 0 radical (unpaired) electrons. The molecular weight excluding hydrogens is 362 g/mol. The lowest BCUT2D eigenvalue weighted by molar-refractivity contribution is -0.132. The molecule has 0 spiro atoms. The van der Waals surface area contributed by atoms with Crippen LogP contribution in [0.15, 0.2) is 34.9 Å². The number of hydrogen-bond acceptors (Lipinski definition) is 4. The van der Waals surface area contributed by atoms with E-state index < -0.39 is 0 Å². The van der Waals surface area contributed by atoms with Crippen molar-refractivity contribution in [1.82, 2.24) is 15.4 Å². The van der Waals surface area contributed by atoms with Crippen molar-refractivity contribution in [3.63, 3.8) is 0 Å². The predicted molar refractivity (Wildman–Crippen MR) is 107 cm³/mol. The van der Waals surface area contributed by atoms with Crippen LogP contribution in [0.2, 0.25) is 5.02 Å². The highest BCUT2D eigenvalue weighted by Crippen LogP contribution is 2.25. The molecular formula is C21H28ClN3O2. The van der Waals surface area contributed by atoms with Crippen LogP contribution in [-0.4, -0.2) is 34.6 Å². The molecule has 2 atom stereocenters. The number of benzene rings is 1. The van der Waals surface area contributed by atoms with Crippen LogP contribution in [-0.2, 0) is 11.3 Å². The van der Waals surface area contributed by atoms with Gasteiger partial charge in [-0.2, -0.15) is 0 Å². The molecule has 0 aliphatic carbocycles. The van der Waals surface area contributed by atoms with E-state index in [0.717, 1.165) is 37.1 Å². The number of amides is 1. The molecule has 1 saturated heterocycles. The summed E-state index contributed by atoms with van der Waals surface area (Å²) >= 11 is 5.95. The molecule has 6 heteroatoms. The van der Waals surface area contributed by atoms with Crippen molar-refractivity contribution in [2.75, 3.05) is 6.54 Å². The summed E-state index contributed by atoms with van der Waals surface area (Å²) in [7, 11) is 0. The van der Waals surface area contributed by atoms with Gasteiger partial charge in [0.2, 0.25) is 5.91 Å². The summed E-state index contributed by atoms with van der Waals surface area (Å²) in [5.74, 6) is 1.30. The van der Waals surface area contributed by atoms with E-state index in [-0.39, 0.29) is 18.0 Å². The Labute approximate surface area is 166 Å². The fraction of sp³-hybridized carbons (Fsp3) is 0.524. The first-order valence-corrected chi connectivity index (χ1v) is 10.1. The summed E-state index contributed by atoms with van der Waals surface area (Å²) in [4.78, 5) is 14.9. The van der Waals surface area contributed by atoms with Crippen LogP contribution in [0.4, 0.5) is 0 Å². The van der Waals surface area contributed by atoms with Crippen LogP contribution in [0.3, 0.4) is 0 Å². The van der Waals surface area contributed by atoms with Crippen LogP contribution >= 0.6 is 11.6 Å². The maximum absolute atomic E-state index is 12.7. The van der Waals surface area contributed by atoms with Gasteiger partial charge in [-0.1, -0.05) is 43.9 Å². The summed E-state index contributed by atoms with van der Waals surface area (Å²) < 4.78 is 5.53. The largest absolute Gasteiger partial charge is 0.356 e. The van der Waals surface area contributed by atoms with E-state index in [9.17, 15) is 4.79 Å². The minimum atomic E-state index is -0.117. The lowest BCUT2D eigenvalue weighted by Gasteiger charge is -2.39. The number of rotatable bonds is 7. The average molecular weight is 390 g/mol. The maximum atomic E-state index is 12.7. The molecule has 1 amide bonds. The molecule has 1 aliphatic heterocycles. The molecule has 1 fully saturated rings. The Morgan fingerprint density at radius 2 is 2.07 bits per heavy atom. The fourth-order valence-corrected chi connectivity index (χ4v) is 3.78. The minimum Gasteiger partial charge on any atom is -0.356 e. The predicted octanol–water partition coefficient (Wildman–Crippen LogP) is 4.51. The van der Waals surface area contributed by atoms with E-state index in [1.54, 1.807) is 0 Å². The van der Waals surface area contributed by atoms with Crippen LogP contribution in [0.1, 0.15) is 45.7 Å². The van der Waals surface area contributed by atoms with Crippen LogP contribution in [0, 0.1) is 5.92 Å². The van der Waals surface area contributed by atoms with Crippen LogP contribution in [0.5, 0.6) is 0 Å². The van der Waals surface area contributed by atoms with Gasteiger partial charge in [-0.15, -0.1) is 0 Å². The van der Waals surface area contributed by atoms with E-state index in [0.29, 0.717) is 23.2 Å². The molecule has 146 valence electrons. The monoisotopic (exact) mass is 389 g/mol. The Morgan fingerprint density at radius 1 is 1.33 bits per heavy atom. The van der Waals surface area contributed by atoms with Gasteiger partial charge >= 0.3 is 0 Å². The number of halogens is 1. The summed E-state index contributed by atoms with van der Waals surface area (Å²) in [5.41, 5.74) is 1.79. The highest BCUT2D eigenvalue weighted by Gasteiger charge is 2.34. The molecule has 3 rings (SSSR count). The SMILES string of the molecule is CCC[C@H]1CN(Cc2cc(-c3ccc(Cl)cc3)on2)[C@@H](CC(C)C)C(=O)N1. The highest BCUT2D eigenvalue weighted by molar-refractivity contribution is 6.30. The normalized spacial score (nSPS) is 20.9. The van der Waals surface area contributed by atoms with Crippen molar-refractivity contribution >= 4 is 17.5 Å². The number of nitrogens with zero attached hydrogens (tertiary/aromatic N) is 2. The van der Waals surface area contributed by atoms with Crippen molar-refractivity contribution in [2.24, 2.45) is 5.92 Å². The van der Waals surface area contributed by atoms with Crippen LogP contribution < -0.4 is 5.32 Å². The lowest BCUT2D eigenvalue weighted by Crippen LogP contribution is -2.59. The summed E-state index contributed by atoms with van der Waals surface area (Å²) in [5, 5.41) is 8.12. The van der Waals surface area contributed by atoms with E-state index in [4.69, 9.17) is 16.1 Å². The molecule has 1 aliphatic rings. The van der Waals surface area contributed by atoms with Crippen molar-refractivity contribution in [1.29, 1.82) is 0 Å². The molecule has 1 aromatic heterocycles. The Morgan fingerprint density at radius 3 is 2.74 bits per heavy atom. The molecule has 1 aromatic carbocycles. The zero-order valence-electron chi connectivity index (χ0n) is 16.2. The molecule has 0 bridgehead atoms. The van der Waals surface area contributed by atoms with E-state index in [1.807, 2.05) is 30.3 Å². The molecule has 0 unspecified atom stereocenters. The average Bonchev–Trinajstić information content (AvgIpc) is 3.07. The first kappa shape index (κ1) is 19.9. The standard InChI is InChI=1S/C21H28ClN3O2/c1-4-5-17-12-25(19(10-14(2)3)21(26)23-17)13-18-11-20(27-24-18)15-6-8-16(22)9-7-15/h6-9,11,14,17,19H,4-5,10,12-13H2,1-3H3,(H,23,26)/t17-,19-/m0/s1. The van der Waals surface area contributed by atoms with E-state index in [2.05, 4.69) is 36.1 Å². The van der Waals surface area contributed by atoms with Gasteiger partial charge in [0.1, 0.15) is 0 Å². The number of carbonyl (C=O) groups excluding carboxylic acids is 1. The van der Waals surface area contributed by atoms with Gasteiger partial charge < -0.3 is 9.84 Å². The van der Waals surface area contributed by atoms with Gasteiger partial charge in [-0.25, -0.2) is 0 Å². The van der Waals surface area contributed by atoms with Gasteiger partial charge in [0.15, 0.2) is 5.76 Å². The van der Waals surface area contributed by atoms with Gasteiger partial charge in [0.05, 0.1) is 11.7 Å². The Balaban J connectivity index is 1.76. The summed E-state index contributed by atoms with van der Waals surface area (Å²) in [6, 6.07) is 9.54. The Hall–Kier alpha value is -1.85. The molecule has 1 N–H and O–H groups in total. The first-order valence-electron chi connectivity index (χ1n) is 9.72. The van der Waals surface area contributed by atoms with Gasteiger partial charge in [0, 0.05) is 35.8 Å². The minimum absolute atomic E-state index is 0.117. The maximum Gasteiger partial charge on any atom is 0.237 e. The van der Waals surface area contributed by atoms with Gasteiger partial charge in [-0.05, 0) is 43.0 Å². The van der Waals surface area contributed by atoms with Crippen molar-refractivity contribution in [3.8, 4) is 11.3 Å². The topological polar surface area (TPSA) is 58.4 Å². The number of carbonyl (C=O) groups is 1. The third-order valence-electron chi connectivity index (χ3n) is 4.93. The molecule has 2 aromatic rings. The lowest BCUT2D eigenvalue weighted by atomic mass is 9.97. The van der Waals surface area contributed by atoms with Crippen LogP contribution in [0.25, 0.3) is 11.3 Å². The third kappa shape index (κ3) is 5.11. The van der Waals surface area contributed by atoms with Crippen molar-refractivity contribution < 1.29 is 9.32 Å². The zero-order chi connectivity index (χ0) is 19.4. The Bertz CT molecular complexity index is 757. The first-order chi connectivity index (χ1) is 13.0. The van der Waals surface area contributed by atoms with Crippen molar-refractivity contribution in [2.45, 2.75) is 58.7 Å². The number of piperazine rings is 1. The van der Waals surface area contributed by atoms with Gasteiger partial charge in [-0.3, -0.25) is 9.69 Å². The second-order valence-corrected chi connectivity index (χ2v) is 8.19. The molecule has 5 nitrogen and oxygen atoms in total. The zero-order valence-corrected chi connectivity index (χ0v) is 17.0. The number of nitrogens with one attached hydrogen (secondary N) is 1. The second-order valence-electron chi connectivity index (χ2n) is 7.76. The van der Waals surface area contributed by atoms with Crippen molar-refractivity contribution in [3.05, 3.63) is 41.0 Å². The number of hydrogen-bond donors (Lipinski definition) is 1. The molecule has 0 saturated carbocycles. The highest BCUT2D eigenvalue weighted by atomic mass is 35.5. The quantitative estimate of drug-likeness (QED) is 0.756. The smallest absolute Gasteiger partial charge is 0.237 e. The summed E-state index contributed by atoms with van der Waals surface area (Å²) in [6.07, 6.45) is 2.89. The van der Waals surface area contributed by atoms with E-state index >= 15 is 0 Å². The Kier molecular flexibility index (Phi) is 6.55. The van der Waals surface area contributed by atoms with Gasteiger partial charge in [0.25, 0.3) is 0 Å². The summed E-state index contributed by atoms with van der Waals surface area (Å²) in [6.45, 7) is 7.91. The fourth-order valence-electron chi connectivity index (χ4n) is 3.65. The van der Waals surface area contributed by atoms with E-state index in [1.165, 1.54) is 0 Å². The molecule has 27 heavy (non-hydrogen) atoms. The molecule has 2 heterocycles. The number of aromatic nitrogens is 1. The second kappa shape index (κ2) is 8.89.